The Labute approximate surface area is 93.4 Å². The van der Waals surface area contributed by atoms with Gasteiger partial charge < -0.3 is 0 Å². The van der Waals surface area contributed by atoms with Gasteiger partial charge >= 0.3 is 0 Å². The summed E-state index contributed by atoms with van der Waals surface area (Å²) in [4.78, 5) is 23.6. The molecule has 0 aromatic rings. The first-order chi connectivity index (χ1) is 6.46. The van der Waals surface area contributed by atoms with E-state index in [-0.39, 0.29) is 28.3 Å². The zero-order valence-electron chi connectivity index (χ0n) is 11.1. The SMILES string of the molecule is CC(CC(=O)C(C)(C)C)C(=O)C(C)(C)C. The molecule has 0 amide bonds. The molecule has 2 heteroatoms. The van der Waals surface area contributed by atoms with Gasteiger partial charge in [0.05, 0.1) is 0 Å². The number of hydrogen-bond donors (Lipinski definition) is 0. The van der Waals surface area contributed by atoms with E-state index in [0.717, 1.165) is 0 Å². The van der Waals surface area contributed by atoms with Gasteiger partial charge in [-0.3, -0.25) is 9.59 Å². The van der Waals surface area contributed by atoms with E-state index in [1.165, 1.54) is 0 Å². The molecular weight excluding hydrogens is 188 g/mol. The van der Waals surface area contributed by atoms with Crippen LogP contribution in [-0.2, 0) is 9.59 Å². The quantitative estimate of drug-likeness (QED) is 0.719. The molecule has 0 fully saturated rings. The van der Waals surface area contributed by atoms with Crippen LogP contribution in [0, 0.1) is 16.7 Å². The molecular formula is C13H24O2. The topological polar surface area (TPSA) is 34.1 Å². The lowest BCUT2D eigenvalue weighted by Crippen LogP contribution is -2.31. The number of carbonyl (C=O) groups is 2. The fraction of sp³-hybridized carbons (Fsp3) is 0.846. The van der Waals surface area contributed by atoms with E-state index < -0.39 is 0 Å². The fourth-order valence-corrected chi connectivity index (χ4v) is 1.42. The van der Waals surface area contributed by atoms with Crippen LogP contribution < -0.4 is 0 Å². The maximum Gasteiger partial charge on any atom is 0.141 e. The minimum atomic E-state index is -0.350. The van der Waals surface area contributed by atoms with Crippen molar-refractivity contribution in [3.63, 3.8) is 0 Å². The van der Waals surface area contributed by atoms with Crippen LogP contribution in [0.15, 0.2) is 0 Å². The Morgan fingerprint density at radius 1 is 0.933 bits per heavy atom. The van der Waals surface area contributed by atoms with Crippen molar-refractivity contribution in [2.45, 2.75) is 54.9 Å². The van der Waals surface area contributed by atoms with E-state index in [2.05, 4.69) is 0 Å². The monoisotopic (exact) mass is 212 g/mol. The molecule has 0 aliphatic rings. The third kappa shape index (κ3) is 4.59. The Balaban J connectivity index is 4.46. The second kappa shape index (κ2) is 4.46. The summed E-state index contributed by atoms with van der Waals surface area (Å²) in [7, 11) is 0. The number of ketones is 2. The molecule has 2 nitrogen and oxygen atoms in total. The highest BCUT2D eigenvalue weighted by atomic mass is 16.1. The second-order valence-corrected chi connectivity index (χ2v) is 6.39. The highest BCUT2D eigenvalue weighted by molar-refractivity contribution is 5.92. The normalized spacial score (nSPS) is 14.9. The summed E-state index contributed by atoms with van der Waals surface area (Å²) in [6.45, 7) is 13.2. The maximum absolute atomic E-state index is 11.9. The number of Topliss-reactive ketones (excluding diaryl/α,β-unsaturated/α-hetero) is 2. The smallest absolute Gasteiger partial charge is 0.141 e. The van der Waals surface area contributed by atoms with Gasteiger partial charge in [-0.05, 0) is 0 Å². The summed E-state index contributed by atoms with van der Waals surface area (Å²) >= 11 is 0. The lowest BCUT2D eigenvalue weighted by Gasteiger charge is -2.24. The Hall–Kier alpha value is -0.660. The van der Waals surface area contributed by atoms with Crippen LogP contribution in [-0.4, -0.2) is 11.6 Å². The summed E-state index contributed by atoms with van der Waals surface area (Å²) in [6, 6.07) is 0. The van der Waals surface area contributed by atoms with Crippen LogP contribution in [0.2, 0.25) is 0 Å². The molecule has 0 aromatic carbocycles. The van der Waals surface area contributed by atoms with Gasteiger partial charge in [0.2, 0.25) is 0 Å². The van der Waals surface area contributed by atoms with E-state index in [1.807, 2.05) is 48.5 Å². The minimum absolute atomic E-state index is 0.160. The molecule has 15 heavy (non-hydrogen) atoms. The molecule has 0 N–H and O–H groups in total. The number of hydrogen-bond acceptors (Lipinski definition) is 2. The third-order valence-electron chi connectivity index (χ3n) is 2.51. The molecule has 0 rings (SSSR count). The molecule has 0 bridgehead atoms. The average Bonchev–Trinajstić information content (AvgIpc) is 1.99. The van der Waals surface area contributed by atoms with Crippen molar-refractivity contribution in [1.82, 2.24) is 0 Å². The van der Waals surface area contributed by atoms with Gasteiger partial charge in [-0.1, -0.05) is 48.5 Å². The lowest BCUT2D eigenvalue weighted by atomic mass is 9.78. The lowest BCUT2D eigenvalue weighted by molar-refractivity contribution is -0.135. The summed E-state index contributed by atoms with van der Waals surface area (Å²) in [6.07, 6.45) is 0.361. The minimum Gasteiger partial charge on any atom is -0.299 e. The van der Waals surface area contributed by atoms with Crippen LogP contribution in [0.25, 0.3) is 0 Å². The first kappa shape index (κ1) is 14.3. The number of carbonyl (C=O) groups excluding carboxylic acids is 2. The molecule has 0 saturated heterocycles. The molecule has 0 radical (unpaired) electrons. The van der Waals surface area contributed by atoms with Gasteiger partial charge in [0.1, 0.15) is 11.6 Å². The standard InChI is InChI=1S/C13H24O2/c1-9(11(15)13(5,6)7)8-10(14)12(2,3)4/h9H,8H2,1-7H3. The highest BCUT2D eigenvalue weighted by Gasteiger charge is 2.30. The molecule has 0 heterocycles. The molecule has 0 saturated carbocycles. The van der Waals surface area contributed by atoms with Gasteiger partial charge in [0.15, 0.2) is 0 Å². The molecule has 0 aromatic heterocycles. The Kier molecular flexibility index (Phi) is 4.26. The van der Waals surface area contributed by atoms with Gasteiger partial charge in [0.25, 0.3) is 0 Å². The van der Waals surface area contributed by atoms with Crippen molar-refractivity contribution in [3.8, 4) is 0 Å². The van der Waals surface area contributed by atoms with Crippen LogP contribution in [0.4, 0.5) is 0 Å². The summed E-state index contributed by atoms with van der Waals surface area (Å²) < 4.78 is 0. The molecule has 0 aliphatic heterocycles. The fourth-order valence-electron chi connectivity index (χ4n) is 1.42. The summed E-state index contributed by atoms with van der Waals surface area (Å²) in [5.74, 6) is 0.157. The molecule has 88 valence electrons. The number of rotatable bonds is 3. The van der Waals surface area contributed by atoms with E-state index in [1.54, 1.807) is 0 Å². The first-order valence-electron chi connectivity index (χ1n) is 5.54. The molecule has 1 atom stereocenters. The maximum atomic E-state index is 11.9. The Morgan fingerprint density at radius 2 is 1.33 bits per heavy atom. The van der Waals surface area contributed by atoms with Crippen LogP contribution in [0.5, 0.6) is 0 Å². The predicted octanol–water partition coefficient (Wildman–Crippen LogP) is 3.24. The Bertz CT molecular complexity index is 251. The Morgan fingerprint density at radius 3 is 1.60 bits per heavy atom. The predicted molar refractivity (Wildman–Crippen MR) is 62.7 cm³/mol. The van der Waals surface area contributed by atoms with Crippen molar-refractivity contribution < 1.29 is 9.59 Å². The molecule has 0 spiro atoms. The second-order valence-electron chi connectivity index (χ2n) is 6.39. The molecule has 0 aliphatic carbocycles. The van der Waals surface area contributed by atoms with E-state index in [4.69, 9.17) is 0 Å². The zero-order valence-corrected chi connectivity index (χ0v) is 11.1. The van der Waals surface area contributed by atoms with Gasteiger partial charge in [-0.25, -0.2) is 0 Å². The zero-order chi connectivity index (χ0) is 12.4. The van der Waals surface area contributed by atoms with Crippen LogP contribution >= 0.6 is 0 Å². The highest BCUT2D eigenvalue weighted by Crippen LogP contribution is 2.25. The van der Waals surface area contributed by atoms with Gasteiger partial charge in [-0.2, -0.15) is 0 Å². The van der Waals surface area contributed by atoms with Crippen molar-refractivity contribution >= 4 is 11.6 Å². The third-order valence-corrected chi connectivity index (χ3v) is 2.51. The molecule has 1 unspecified atom stereocenters. The van der Waals surface area contributed by atoms with Gasteiger partial charge in [0, 0.05) is 23.2 Å². The van der Waals surface area contributed by atoms with Gasteiger partial charge in [-0.15, -0.1) is 0 Å². The van der Waals surface area contributed by atoms with Crippen molar-refractivity contribution in [2.75, 3.05) is 0 Å². The van der Waals surface area contributed by atoms with Crippen molar-refractivity contribution in [2.24, 2.45) is 16.7 Å². The largest absolute Gasteiger partial charge is 0.299 e. The van der Waals surface area contributed by atoms with E-state index >= 15 is 0 Å². The van der Waals surface area contributed by atoms with Crippen LogP contribution in [0.1, 0.15) is 54.9 Å². The summed E-state index contributed by atoms with van der Waals surface area (Å²) in [5, 5.41) is 0. The van der Waals surface area contributed by atoms with E-state index in [9.17, 15) is 9.59 Å². The van der Waals surface area contributed by atoms with Crippen LogP contribution in [0.3, 0.4) is 0 Å². The summed E-state index contributed by atoms with van der Waals surface area (Å²) in [5.41, 5.74) is -0.690. The first-order valence-corrected chi connectivity index (χ1v) is 5.54. The van der Waals surface area contributed by atoms with Crippen molar-refractivity contribution in [1.29, 1.82) is 0 Å². The van der Waals surface area contributed by atoms with Crippen molar-refractivity contribution in [3.05, 3.63) is 0 Å². The van der Waals surface area contributed by atoms with E-state index in [0.29, 0.717) is 6.42 Å². The average molecular weight is 212 g/mol.